The Morgan fingerprint density at radius 1 is 1.14 bits per heavy atom. The summed E-state index contributed by atoms with van der Waals surface area (Å²) < 4.78 is 5.16. The molecule has 2 unspecified atom stereocenters. The van der Waals surface area contributed by atoms with Crippen LogP contribution in [0.4, 0.5) is 0 Å². The maximum Gasteiger partial charge on any atom is 0.251 e. The molecular weight excluding hydrogens is 563 g/mol. The number of amides is 1. The zero-order chi connectivity index (χ0) is 26.0. The summed E-state index contributed by atoms with van der Waals surface area (Å²) in [6.45, 7) is 3.44. The van der Waals surface area contributed by atoms with Gasteiger partial charge in [0, 0.05) is 35.8 Å². The van der Waals surface area contributed by atoms with Gasteiger partial charge in [-0.1, -0.05) is 96.7 Å². The van der Waals surface area contributed by atoms with Gasteiger partial charge in [-0.05, 0) is 62.4 Å². The van der Waals surface area contributed by atoms with Crippen LogP contribution < -0.4 is 10.6 Å². The highest BCUT2D eigenvalue weighted by Crippen LogP contribution is 2.40. The number of hydrogen-bond donors (Lipinski definition) is 3. The summed E-state index contributed by atoms with van der Waals surface area (Å²) >= 11 is 2.35. The second kappa shape index (κ2) is 14.5. The van der Waals surface area contributed by atoms with Crippen LogP contribution in [-0.4, -0.2) is 48.3 Å². The maximum atomic E-state index is 13.4. The molecule has 1 aliphatic rings. The molecule has 0 aliphatic heterocycles. The fraction of sp³-hybridized carbons (Fsp3) is 0.567. The number of methoxy groups -OCH3 is 1. The number of alkyl halides is 1. The topological polar surface area (TPSA) is 70.6 Å². The Morgan fingerprint density at radius 2 is 1.83 bits per heavy atom. The number of halogens is 1. The van der Waals surface area contributed by atoms with E-state index in [-0.39, 0.29) is 15.9 Å². The van der Waals surface area contributed by atoms with Gasteiger partial charge in [0.1, 0.15) is 5.60 Å². The minimum atomic E-state index is -1.22. The van der Waals surface area contributed by atoms with Crippen molar-refractivity contribution in [2.75, 3.05) is 27.3 Å². The van der Waals surface area contributed by atoms with E-state index in [1.807, 2.05) is 62.5 Å². The number of carbonyl (C=O) groups is 1. The first-order valence-corrected chi connectivity index (χ1v) is 14.6. The van der Waals surface area contributed by atoms with Gasteiger partial charge in [0.15, 0.2) is 0 Å². The molecule has 1 saturated carbocycles. The molecule has 1 aliphatic carbocycles. The fourth-order valence-electron chi connectivity index (χ4n) is 5.46. The number of rotatable bonds is 13. The molecule has 2 aromatic rings. The molecule has 3 N–H and O–H groups in total. The number of carbonyl (C=O) groups excluding carboxylic acids is 1. The lowest BCUT2D eigenvalue weighted by Gasteiger charge is -2.35. The summed E-state index contributed by atoms with van der Waals surface area (Å²) in [6.07, 6.45) is 9.10. The Morgan fingerprint density at radius 3 is 2.50 bits per heavy atom. The number of likely N-dealkylation sites (N-methyl/N-ethyl adjacent to an activating group) is 1. The summed E-state index contributed by atoms with van der Waals surface area (Å²) in [5, 5.41) is 18.8. The number of nitrogens with one attached hydrogen (secondary N) is 2. The van der Waals surface area contributed by atoms with Crippen molar-refractivity contribution in [2.24, 2.45) is 5.92 Å². The molecule has 0 radical (unpaired) electrons. The summed E-state index contributed by atoms with van der Waals surface area (Å²) in [5.41, 5.74) is 2.06. The zero-order valence-corrected chi connectivity index (χ0v) is 24.2. The predicted molar refractivity (Wildman–Crippen MR) is 156 cm³/mol. The van der Waals surface area contributed by atoms with E-state index in [1.165, 1.54) is 32.1 Å². The first-order valence-electron chi connectivity index (χ1n) is 13.4. The number of benzene rings is 2. The van der Waals surface area contributed by atoms with E-state index < -0.39 is 5.60 Å². The van der Waals surface area contributed by atoms with Gasteiger partial charge in [-0.3, -0.25) is 4.79 Å². The SMILES string of the molecule is CNCC(CC1CCCCC1)NC(=O)c1cccc([C@](O)(c2cccc(C)c2)C(I)CCCOC)c1. The number of aliphatic hydroxyl groups is 1. The summed E-state index contributed by atoms with van der Waals surface area (Å²) in [5.74, 6) is 0.603. The first kappa shape index (κ1) is 29.1. The van der Waals surface area contributed by atoms with Crippen molar-refractivity contribution in [1.29, 1.82) is 0 Å². The Kier molecular flexibility index (Phi) is 11.7. The van der Waals surface area contributed by atoms with Crippen molar-refractivity contribution < 1.29 is 14.6 Å². The Labute approximate surface area is 230 Å². The Bertz CT molecular complexity index is 963. The van der Waals surface area contributed by atoms with Crippen LogP contribution in [0.25, 0.3) is 0 Å². The van der Waals surface area contributed by atoms with Gasteiger partial charge in [-0.2, -0.15) is 0 Å². The Hall–Kier alpha value is -1.48. The van der Waals surface area contributed by atoms with E-state index in [1.54, 1.807) is 7.11 Å². The molecule has 2 aromatic carbocycles. The van der Waals surface area contributed by atoms with Gasteiger partial charge in [0.05, 0.1) is 0 Å². The van der Waals surface area contributed by atoms with Crippen molar-refractivity contribution >= 4 is 28.5 Å². The predicted octanol–water partition coefficient (Wildman–Crippen LogP) is 5.75. The molecule has 3 rings (SSSR count). The quantitative estimate of drug-likeness (QED) is 0.154. The van der Waals surface area contributed by atoms with Crippen LogP contribution in [0.5, 0.6) is 0 Å². The van der Waals surface area contributed by atoms with Crippen LogP contribution in [0.1, 0.15) is 78.4 Å². The first-order chi connectivity index (χ1) is 17.4. The molecule has 5 nitrogen and oxygen atoms in total. The highest BCUT2D eigenvalue weighted by atomic mass is 127. The third-order valence-electron chi connectivity index (χ3n) is 7.41. The lowest BCUT2D eigenvalue weighted by atomic mass is 9.81. The molecule has 0 heterocycles. The molecule has 0 saturated heterocycles. The van der Waals surface area contributed by atoms with E-state index in [9.17, 15) is 9.90 Å². The van der Waals surface area contributed by atoms with Crippen molar-refractivity contribution in [2.45, 2.75) is 73.9 Å². The average Bonchev–Trinajstić information content (AvgIpc) is 2.89. The summed E-state index contributed by atoms with van der Waals surface area (Å²) in [6, 6.07) is 15.7. The second-order valence-electron chi connectivity index (χ2n) is 10.3. The molecule has 0 bridgehead atoms. The standard InChI is InChI=1S/C30H43IN2O3/c1-22-10-7-14-25(18-22)30(35,28(31)16-9-17-36-3)26-15-8-13-24(20-26)29(34)33-27(21-32-2)19-23-11-5-4-6-12-23/h7-8,10,13-15,18,20,23,27-28,32,35H,4-6,9,11-12,16-17,19,21H2,1-3H3,(H,33,34)/t27?,28?,30-/m1/s1. The highest BCUT2D eigenvalue weighted by molar-refractivity contribution is 14.1. The van der Waals surface area contributed by atoms with Crippen LogP contribution in [0.2, 0.25) is 0 Å². The van der Waals surface area contributed by atoms with Gasteiger partial charge in [0.2, 0.25) is 0 Å². The zero-order valence-electron chi connectivity index (χ0n) is 22.1. The summed E-state index contributed by atoms with van der Waals surface area (Å²) in [4.78, 5) is 13.4. The van der Waals surface area contributed by atoms with E-state index in [0.29, 0.717) is 18.1 Å². The third-order valence-corrected chi connectivity index (χ3v) is 8.93. The van der Waals surface area contributed by atoms with Crippen molar-refractivity contribution in [3.05, 3.63) is 70.8 Å². The largest absolute Gasteiger partial charge is 0.385 e. The van der Waals surface area contributed by atoms with E-state index in [0.717, 1.165) is 42.5 Å². The molecular formula is C30H43IN2O3. The second-order valence-corrected chi connectivity index (χ2v) is 11.8. The van der Waals surface area contributed by atoms with Crippen LogP contribution >= 0.6 is 22.6 Å². The average molecular weight is 607 g/mol. The van der Waals surface area contributed by atoms with Gasteiger partial charge in [0.25, 0.3) is 5.91 Å². The normalized spacial score (nSPS) is 17.8. The highest BCUT2D eigenvalue weighted by Gasteiger charge is 2.39. The van der Waals surface area contributed by atoms with Crippen LogP contribution in [-0.2, 0) is 10.3 Å². The maximum absolute atomic E-state index is 13.4. The lowest BCUT2D eigenvalue weighted by molar-refractivity contribution is 0.0766. The van der Waals surface area contributed by atoms with Crippen molar-refractivity contribution in [3.8, 4) is 0 Å². The van der Waals surface area contributed by atoms with Gasteiger partial charge >= 0.3 is 0 Å². The molecule has 36 heavy (non-hydrogen) atoms. The van der Waals surface area contributed by atoms with Gasteiger partial charge < -0.3 is 20.5 Å². The van der Waals surface area contributed by atoms with E-state index >= 15 is 0 Å². The minimum Gasteiger partial charge on any atom is -0.385 e. The van der Waals surface area contributed by atoms with Crippen LogP contribution in [0, 0.1) is 12.8 Å². The van der Waals surface area contributed by atoms with Crippen molar-refractivity contribution in [3.63, 3.8) is 0 Å². The molecule has 6 heteroatoms. The number of hydrogen-bond acceptors (Lipinski definition) is 4. The smallest absolute Gasteiger partial charge is 0.251 e. The third kappa shape index (κ3) is 7.76. The molecule has 1 fully saturated rings. The van der Waals surface area contributed by atoms with Gasteiger partial charge in [-0.15, -0.1) is 0 Å². The summed E-state index contributed by atoms with van der Waals surface area (Å²) in [7, 11) is 3.64. The van der Waals surface area contributed by atoms with Crippen LogP contribution in [0.15, 0.2) is 48.5 Å². The fourth-order valence-corrected chi connectivity index (χ4v) is 6.62. The minimum absolute atomic E-state index is 0.0797. The monoisotopic (exact) mass is 606 g/mol. The molecule has 3 atom stereocenters. The molecule has 0 aromatic heterocycles. The molecule has 1 amide bonds. The Balaban J connectivity index is 1.85. The van der Waals surface area contributed by atoms with Crippen molar-refractivity contribution in [1.82, 2.24) is 10.6 Å². The van der Waals surface area contributed by atoms with E-state index in [4.69, 9.17) is 4.74 Å². The van der Waals surface area contributed by atoms with Gasteiger partial charge in [-0.25, -0.2) is 0 Å². The molecule has 198 valence electrons. The van der Waals surface area contributed by atoms with Crippen LogP contribution in [0.3, 0.4) is 0 Å². The lowest BCUT2D eigenvalue weighted by Crippen LogP contribution is -2.43. The number of aryl methyl sites for hydroxylation is 1. The van der Waals surface area contributed by atoms with E-state index in [2.05, 4.69) is 33.2 Å². The number of ether oxygens (including phenoxy) is 1. The molecule has 0 spiro atoms.